The Kier molecular flexibility index (Phi) is 4.45. The van der Waals surface area contributed by atoms with E-state index in [1.54, 1.807) is 6.20 Å². The molecule has 7 heteroatoms. The molecule has 0 fully saturated rings. The molecular formula is C10H15N3O3S. The monoisotopic (exact) mass is 257 g/mol. The highest BCUT2D eigenvalue weighted by atomic mass is 32.1. The fraction of sp³-hybridized carbons (Fsp3) is 0.500. The molecule has 0 saturated carbocycles. The first-order valence-corrected chi connectivity index (χ1v) is 5.95. The molecule has 0 aliphatic carbocycles. The number of aryl methyl sites for hydroxylation is 1. The molecule has 0 radical (unpaired) electrons. The van der Waals surface area contributed by atoms with Crippen molar-refractivity contribution in [2.45, 2.75) is 20.8 Å². The van der Waals surface area contributed by atoms with E-state index in [4.69, 9.17) is 5.11 Å². The Labute approximate surface area is 103 Å². The second kappa shape index (κ2) is 5.62. The highest BCUT2D eigenvalue weighted by Crippen LogP contribution is 2.11. The van der Waals surface area contributed by atoms with E-state index < -0.39 is 12.0 Å². The SMILES string of the molecule is Cc1cnc(C(=O)NN(CC(C)C)C(=O)O)s1. The van der Waals surface area contributed by atoms with Gasteiger partial charge in [0, 0.05) is 17.6 Å². The number of hydrogen-bond acceptors (Lipinski definition) is 4. The van der Waals surface area contributed by atoms with Crippen molar-refractivity contribution < 1.29 is 14.7 Å². The zero-order valence-corrected chi connectivity index (χ0v) is 10.7. The van der Waals surface area contributed by atoms with Crippen LogP contribution in [0.3, 0.4) is 0 Å². The summed E-state index contributed by atoms with van der Waals surface area (Å²) >= 11 is 1.23. The summed E-state index contributed by atoms with van der Waals surface area (Å²) in [5.74, 6) is -0.365. The summed E-state index contributed by atoms with van der Waals surface area (Å²) in [5, 5.41) is 10.1. The number of carbonyl (C=O) groups is 2. The summed E-state index contributed by atoms with van der Waals surface area (Å²) in [5.41, 5.74) is 2.32. The first-order valence-electron chi connectivity index (χ1n) is 5.14. The van der Waals surface area contributed by atoms with Crippen LogP contribution in [0.5, 0.6) is 0 Å². The van der Waals surface area contributed by atoms with E-state index in [1.165, 1.54) is 11.3 Å². The highest BCUT2D eigenvalue weighted by Gasteiger charge is 2.18. The van der Waals surface area contributed by atoms with Crippen LogP contribution in [-0.4, -0.2) is 33.6 Å². The largest absolute Gasteiger partial charge is 0.464 e. The molecule has 0 aliphatic rings. The Balaban J connectivity index is 2.67. The van der Waals surface area contributed by atoms with Gasteiger partial charge in [-0.05, 0) is 12.8 Å². The maximum atomic E-state index is 11.7. The maximum Gasteiger partial charge on any atom is 0.426 e. The predicted octanol–water partition coefficient (Wildman–Crippen LogP) is 1.73. The zero-order valence-electron chi connectivity index (χ0n) is 9.93. The molecule has 0 bridgehead atoms. The van der Waals surface area contributed by atoms with Gasteiger partial charge in [0.1, 0.15) is 0 Å². The van der Waals surface area contributed by atoms with E-state index in [0.717, 1.165) is 9.89 Å². The van der Waals surface area contributed by atoms with Crippen molar-refractivity contribution in [1.29, 1.82) is 0 Å². The van der Waals surface area contributed by atoms with Gasteiger partial charge in [0.05, 0.1) is 0 Å². The van der Waals surface area contributed by atoms with Gasteiger partial charge in [-0.3, -0.25) is 10.2 Å². The van der Waals surface area contributed by atoms with Crippen LogP contribution in [0.2, 0.25) is 0 Å². The molecule has 2 amide bonds. The summed E-state index contributed by atoms with van der Waals surface area (Å²) in [4.78, 5) is 27.4. The third kappa shape index (κ3) is 4.03. The van der Waals surface area contributed by atoms with Crippen molar-refractivity contribution >= 4 is 23.3 Å². The van der Waals surface area contributed by atoms with Crippen molar-refractivity contribution in [2.24, 2.45) is 5.92 Å². The number of rotatable bonds is 3. The van der Waals surface area contributed by atoms with Gasteiger partial charge in [0.15, 0.2) is 5.01 Å². The van der Waals surface area contributed by atoms with Crippen molar-refractivity contribution in [1.82, 2.24) is 15.4 Å². The number of thiazole rings is 1. The smallest absolute Gasteiger partial charge is 0.426 e. The fourth-order valence-corrected chi connectivity index (χ4v) is 1.82. The van der Waals surface area contributed by atoms with Crippen molar-refractivity contribution in [2.75, 3.05) is 6.54 Å². The molecule has 0 saturated heterocycles. The second-order valence-corrected chi connectivity index (χ2v) is 5.24. The Hall–Kier alpha value is -1.63. The molecule has 0 atom stereocenters. The molecule has 0 spiro atoms. The zero-order chi connectivity index (χ0) is 13.0. The molecule has 6 nitrogen and oxygen atoms in total. The molecule has 1 aromatic rings. The molecule has 2 N–H and O–H groups in total. The predicted molar refractivity (Wildman–Crippen MR) is 63.9 cm³/mol. The molecule has 1 rings (SSSR count). The lowest BCUT2D eigenvalue weighted by molar-refractivity contribution is 0.0731. The number of hydrazine groups is 1. The molecule has 1 heterocycles. The van der Waals surface area contributed by atoms with Crippen LogP contribution in [0.4, 0.5) is 4.79 Å². The molecule has 0 unspecified atom stereocenters. The lowest BCUT2D eigenvalue weighted by atomic mass is 10.2. The molecular weight excluding hydrogens is 242 g/mol. The summed E-state index contributed by atoms with van der Waals surface area (Å²) in [6, 6.07) is 0. The van der Waals surface area contributed by atoms with Gasteiger partial charge in [-0.25, -0.2) is 14.8 Å². The summed E-state index contributed by atoms with van der Waals surface area (Å²) in [6.07, 6.45) is 0.396. The van der Waals surface area contributed by atoms with Gasteiger partial charge in [-0.15, -0.1) is 11.3 Å². The van der Waals surface area contributed by atoms with Gasteiger partial charge < -0.3 is 5.11 Å². The van der Waals surface area contributed by atoms with Gasteiger partial charge in [0.2, 0.25) is 0 Å². The van der Waals surface area contributed by atoms with Gasteiger partial charge in [-0.1, -0.05) is 13.8 Å². The minimum absolute atomic E-state index is 0.129. The molecule has 0 aliphatic heterocycles. The van der Waals surface area contributed by atoms with Crippen LogP contribution in [0.1, 0.15) is 28.5 Å². The normalized spacial score (nSPS) is 10.4. The van der Waals surface area contributed by atoms with Crippen LogP contribution in [0.25, 0.3) is 0 Å². The minimum Gasteiger partial charge on any atom is -0.464 e. The first kappa shape index (κ1) is 13.4. The fourth-order valence-electron chi connectivity index (χ4n) is 1.17. The molecule has 1 aromatic heterocycles. The third-order valence-corrected chi connectivity index (χ3v) is 2.74. The highest BCUT2D eigenvalue weighted by molar-refractivity contribution is 7.13. The molecule has 17 heavy (non-hydrogen) atoms. The number of amides is 2. The lowest BCUT2D eigenvalue weighted by Gasteiger charge is -2.21. The second-order valence-electron chi connectivity index (χ2n) is 4.00. The van der Waals surface area contributed by atoms with Crippen LogP contribution in [-0.2, 0) is 0 Å². The average molecular weight is 257 g/mol. The van der Waals surface area contributed by atoms with Crippen molar-refractivity contribution in [3.63, 3.8) is 0 Å². The quantitative estimate of drug-likeness (QED) is 0.808. The van der Waals surface area contributed by atoms with Crippen LogP contribution in [0.15, 0.2) is 6.20 Å². The topological polar surface area (TPSA) is 82.5 Å². The van der Waals surface area contributed by atoms with E-state index >= 15 is 0 Å². The van der Waals surface area contributed by atoms with E-state index in [1.807, 2.05) is 20.8 Å². The van der Waals surface area contributed by atoms with Gasteiger partial charge in [0.25, 0.3) is 5.91 Å². The van der Waals surface area contributed by atoms with E-state index in [-0.39, 0.29) is 17.5 Å². The van der Waals surface area contributed by atoms with Crippen LogP contribution in [0, 0.1) is 12.8 Å². The van der Waals surface area contributed by atoms with E-state index in [0.29, 0.717) is 0 Å². The average Bonchev–Trinajstić information content (AvgIpc) is 2.63. The Morgan fingerprint density at radius 1 is 1.59 bits per heavy atom. The van der Waals surface area contributed by atoms with Crippen LogP contribution >= 0.6 is 11.3 Å². The maximum absolute atomic E-state index is 11.7. The molecule has 94 valence electrons. The Morgan fingerprint density at radius 2 is 2.24 bits per heavy atom. The number of nitrogens with zero attached hydrogens (tertiary/aromatic N) is 2. The lowest BCUT2D eigenvalue weighted by Crippen LogP contribution is -2.47. The Morgan fingerprint density at radius 3 is 2.65 bits per heavy atom. The first-order chi connectivity index (χ1) is 7.90. The van der Waals surface area contributed by atoms with Crippen molar-refractivity contribution in [3.05, 3.63) is 16.1 Å². The van der Waals surface area contributed by atoms with E-state index in [2.05, 4.69) is 10.4 Å². The number of nitrogens with one attached hydrogen (secondary N) is 1. The van der Waals surface area contributed by atoms with Crippen molar-refractivity contribution in [3.8, 4) is 0 Å². The minimum atomic E-state index is -1.18. The number of aromatic nitrogens is 1. The van der Waals surface area contributed by atoms with Gasteiger partial charge >= 0.3 is 6.09 Å². The molecule has 0 aromatic carbocycles. The standard InChI is InChI=1S/C10H15N3O3S/c1-6(2)5-13(10(15)16)12-8(14)9-11-4-7(3)17-9/h4,6H,5H2,1-3H3,(H,12,14)(H,15,16). The van der Waals surface area contributed by atoms with E-state index in [9.17, 15) is 9.59 Å². The van der Waals surface area contributed by atoms with Crippen LogP contribution < -0.4 is 5.43 Å². The summed E-state index contributed by atoms with van der Waals surface area (Å²) < 4.78 is 0. The number of carbonyl (C=O) groups excluding carboxylic acids is 1. The summed E-state index contributed by atoms with van der Waals surface area (Å²) in [7, 11) is 0. The van der Waals surface area contributed by atoms with Gasteiger partial charge in [-0.2, -0.15) is 0 Å². The number of carboxylic acid groups (broad SMARTS) is 1. The third-order valence-electron chi connectivity index (χ3n) is 1.83. The Bertz CT molecular complexity index is 417. The number of hydrogen-bond donors (Lipinski definition) is 2. The summed E-state index contributed by atoms with van der Waals surface area (Å²) in [6.45, 7) is 5.81.